The van der Waals surface area contributed by atoms with Gasteiger partial charge in [0, 0.05) is 12.5 Å². The minimum absolute atomic E-state index is 0. The van der Waals surface area contributed by atoms with Crippen molar-refractivity contribution >= 4 is 12.4 Å². The number of rotatable bonds is 3. The molecule has 3 N–H and O–H groups in total. The zero-order valence-corrected chi connectivity index (χ0v) is 7.83. The van der Waals surface area contributed by atoms with Gasteiger partial charge in [-0.25, -0.2) is 0 Å². The largest absolute Gasteiger partial charge is 0.382 e. The number of aliphatic hydroxyl groups is 1. The Morgan fingerprint density at radius 2 is 2.31 bits per heavy atom. The number of nitrogens with two attached hydrogens (primary N) is 1. The smallest absolute Gasteiger partial charge is 0.256 e. The Hall–Kier alpha value is -0.650. The molecular weight excluding hydrogens is 194 g/mol. The van der Waals surface area contributed by atoms with Crippen LogP contribution in [0.1, 0.15) is 36.6 Å². The zero-order valence-electron chi connectivity index (χ0n) is 7.01. The highest BCUT2D eigenvalue weighted by Gasteiger charge is 2.29. The number of aliphatic hydroxyl groups excluding tert-OH is 1. The lowest BCUT2D eigenvalue weighted by Crippen LogP contribution is -2.11. The highest BCUT2D eigenvalue weighted by molar-refractivity contribution is 5.85. The molecular formula is C7H12ClN3O2. The summed E-state index contributed by atoms with van der Waals surface area (Å²) in [6.07, 6.45) is 1.43. The second-order valence-corrected chi connectivity index (χ2v) is 3.02. The molecule has 0 bridgehead atoms. The van der Waals surface area contributed by atoms with Crippen molar-refractivity contribution in [1.82, 2.24) is 10.1 Å². The second kappa shape index (κ2) is 4.04. The minimum Gasteiger partial charge on any atom is -0.382 e. The third kappa shape index (κ3) is 2.18. The molecule has 2 rings (SSSR count). The van der Waals surface area contributed by atoms with E-state index in [1.165, 1.54) is 0 Å². The maximum atomic E-state index is 9.22. The Labute approximate surface area is 81.7 Å². The topological polar surface area (TPSA) is 85.2 Å². The highest BCUT2D eigenvalue weighted by atomic mass is 35.5. The summed E-state index contributed by atoms with van der Waals surface area (Å²) >= 11 is 0. The van der Waals surface area contributed by atoms with E-state index in [1.54, 1.807) is 0 Å². The molecule has 0 spiro atoms. The van der Waals surface area contributed by atoms with E-state index in [4.69, 9.17) is 10.3 Å². The number of hydrogen-bond donors (Lipinski definition) is 2. The van der Waals surface area contributed by atoms with Gasteiger partial charge in [0.15, 0.2) is 5.82 Å². The van der Waals surface area contributed by atoms with E-state index >= 15 is 0 Å². The Balaban J connectivity index is 0.000000845. The van der Waals surface area contributed by atoms with E-state index in [0.717, 1.165) is 12.8 Å². The number of hydrogen-bond acceptors (Lipinski definition) is 5. The zero-order chi connectivity index (χ0) is 8.55. The molecule has 1 aromatic rings. The van der Waals surface area contributed by atoms with Crippen LogP contribution in [0.3, 0.4) is 0 Å². The van der Waals surface area contributed by atoms with Crippen molar-refractivity contribution in [2.45, 2.75) is 24.9 Å². The first-order chi connectivity index (χ1) is 5.81. The van der Waals surface area contributed by atoms with Crippen molar-refractivity contribution < 1.29 is 9.63 Å². The summed E-state index contributed by atoms with van der Waals surface area (Å²) in [7, 11) is 0. The molecule has 13 heavy (non-hydrogen) atoms. The Bertz CT molecular complexity index is 274. The SMILES string of the molecule is Cl.NCC(O)c1nc(C2CC2)no1. The summed E-state index contributed by atoms with van der Waals surface area (Å²) in [5.41, 5.74) is 5.23. The predicted octanol–water partition coefficient (Wildman–Crippen LogP) is 0.361. The van der Waals surface area contributed by atoms with Gasteiger partial charge in [0.1, 0.15) is 6.10 Å². The van der Waals surface area contributed by atoms with Crippen molar-refractivity contribution in [3.05, 3.63) is 11.7 Å². The molecule has 74 valence electrons. The van der Waals surface area contributed by atoms with Crippen LogP contribution in [0.4, 0.5) is 0 Å². The fraction of sp³-hybridized carbons (Fsp3) is 0.714. The number of nitrogens with zero attached hydrogens (tertiary/aromatic N) is 2. The predicted molar refractivity (Wildman–Crippen MR) is 47.5 cm³/mol. The number of aromatic nitrogens is 2. The normalized spacial score (nSPS) is 18.0. The van der Waals surface area contributed by atoms with Crippen LogP contribution in [0.15, 0.2) is 4.52 Å². The average molecular weight is 206 g/mol. The van der Waals surface area contributed by atoms with Gasteiger partial charge in [-0.1, -0.05) is 5.16 Å². The van der Waals surface area contributed by atoms with Crippen LogP contribution in [0, 0.1) is 0 Å². The molecule has 0 amide bonds. The van der Waals surface area contributed by atoms with Gasteiger partial charge in [0.25, 0.3) is 5.89 Å². The first-order valence-corrected chi connectivity index (χ1v) is 4.03. The molecule has 1 heterocycles. The van der Waals surface area contributed by atoms with E-state index in [2.05, 4.69) is 10.1 Å². The van der Waals surface area contributed by atoms with Crippen LogP contribution >= 0.6 is 12.4 Å². The van der Waals surface area contributed by atoms with E-state index in [0.29, 0.717) is 11.7 Å². The Morgan fingerprint density at radius 3 is 2.85 bits per heavy atom. The third-order valence-electron chi connectivity index (χ3n) is 1.91. The fourth-order valence-electron chi connectivity index (χ4n) is 0.991. The van der Waals surface area contributed by atoms with Gasteiger partial charge in [0.05, 0.1) is 0 Å². The summed E-state index contributed by atoms with van der Waals surface area (Å²) < 4.78 is 4.83. The Morgan fingerprint density at radius 1 is 1.62 bits per heavy atom. The summed E-state index contributed by atoms with van der Waals surface area (Å²) in [6.45, 7) is 0.117. The van der Waals surface area contributed by atoms with Crippen LogP contribution in [0.2, 0.25) is 0 Å². The molecule has 5 nitrogen and oxygen atoms in total. The van der Waals surface area contributed by atoms with Gasteiger partial charge < -0.3 is 15.4 Å². The average Bonchev–Trinajstić information content (AvgIpc) is 2.83. The molecule has 1 unspecified atom stereocenters. The molecule has 1 aliphatic carbocycles. The van der Waals surface area contributed by atoms with Gasteiger partial charge in [-0.3, -0.25) is 0 Å². The maximum Gasteiger partial charge on any atom is 0.256 e. The van der Waals surface area contributed by atoms with Gasteiger partial charge in [0.2, 0.25) is 0 Å². The first-order valence-electron chi connectivity index (χ1n) is 4.03. The standard InChI is InChI=1S/C7H11N3O2.ClH/c8-3-5(11)7-9-6(10-12-7)4-1-2-4;/h4-5,11H,1-3,8H2;1H. The van der Waals surface area contributed by atoms with Crippen LogP contribution in [-0.2, 0) is 0 Å². The first kappa shape index (κ1) is 10.4. The minimum atomic E-state index is -0.815. The van der Waals surface area contributed by atoms with E-state index in [1.807, 2.05) is 0 Å². The van der Waals surface area contributed by atoms with Crippen molar-refractivity contribution in [2.75, 3.05) is 6.54 Å². The van der Waals surface area contributed by atoms with Gasteiger partial charge in [-0.05, 0) is 12.8 Å². The van der Waals surface area contributed by atoms with Crippen molar-refractivity contribution in [1.29, 1.82) is 0 Å². The van der Waals surface area contributed by atoms with Crippen molar-refractivity contribution in [2.24, 2.45) is 5.73 Å². The quantitative estimate of drug-likeness (QED) is 0.744. The monoisotopic (exact) mass is 205 g/mol. The fourth-order valence-corrected chi connectivity index (χ4v) is 0.991. The molecule has 6 heteroatoms. The van der Waals surface area contributed by atoms with Gasteiger partial charge in [-0.2, -0.15) is 4.98 Å². The lowest BCUT2D eigenvalue weighted by Gasteiger charge is -1.97. The molecule has 1 aromatic heterocycles. The summed E-state index contributed by atoms with van der Waals surface area (Å²) in [4.78, 5) is 4.04. The van der Waals surface area contributed by atoms with Crippen LogP contribution < -0.4 is 5.73 Å². The van der Waals surface area contributed by atoms with E-state index < -0.39 is 6.10 Å². The molecule has 0 radical (unpaired) electrons. The maximum absolute atomic E-state index is 9.22. The number of halogens is 1. The molecule has 0 saturated heterocycles. The second-order valence-electron chi connectivity index (χ2n) is 3.02. The molecule has 0 aromatic carbocycles. The lowest BCUT2D eigenvalue weighted by atomic mass is 10.3. The van der Waals surface area contributed by atoms with Gasteiger partial charge >= 0.3 is 0 Å². The van der Waals surface area contributed by atoms with E-state index in [-0.39, 0.29) is 24.8 Å². The summed E-state index contributed by atoms with van der Waals surface area (Å²) in [5.74, 6) is 1.39. The van der Waals surface area contributed by atoms with E-state index in [9.17, 15) is 5.11 Å². The summed E-state index contributed by atoms with van der Waals surface area (Å²) in [5, 5.41) is 13.0. The molecule has 1 aliphatic rings. The van der Waals surface area contributed by atoms with Crippen LogP contribution in [-0.4, -0.2) is 21.8 Å². The third-order valence-corrected chi connectivity index (χ3v) is 1.91. The Kier molecular flexibility index (Phi) is 3.24. The van der Waals surface area contributed by atoms with Gasteiger partial charge in [-0.15, -0.1) is 12.4 Å². The van der Waals surface area contributed by atoms with Crippen LogP contribution in [0.25, 0.3) is 0 Å². The molecule has 1 saturated carbocycles. The highest BCUT2D eigenvalue weighted by Crippen LogP contribution is 2.38. The van der Waals surface area contributed by atoms with Crippen molar-refractivity contribution in [3.8, 4) is 0 Å². The molecule has 0 aliphatic heterocycles. The van der Waals surface area contributed by atoms with Crippen molar-refractivity contribution in [3.63, 3.8) is 0 Å². The molecule has 1 fully saturated rings. The summed E-state index contributed by atoms with van der Waals surface area (Å²) in [6, 6.07) is 0. The lowest BCUT2D eigenvalue weighted by molar-refractivity contribution is 0.141. The van der Waals surface area contributed by atoms with Crippen LogP contribution in [0.5, 0.6) is 0 Å². The molecule has 1 atom stereocenters.